The van der Waals surface area contributed by atoms with Crippen molar-refractivity contribution in [1.29, 1.82) is 5.26 Å². The van der Waals surface area contributed by atoms with Crippen LogP contribution in [0.2, 0.25) is 0 Å². The Morgan fingerprint density at radius 3 is 2.39 bits per heavy atom. The number of anilines is 1. The van der Waals surface area contributed by atoms with Crippen LogP contribution in [0.1, 0.15) is 36.8 Å². The van der Waals surface area contributed by atoms with Crippen LogP contribution in [-0.4, -0.2) is 43.5 Å². The van der Waals surface area contributed by atoms with Gasteiger partial charge in [0.05, 0.1) is 18.7 Å². The number of piperidine rings is 1. The molecule has 3 rings (SSSR count). The van der Waals surface area contributed by atoms with Crippen molar-refractivity contribution in [2.75, 3.05) is 31.6 Å². The molecule has 0 aromatic heterocycles. The molecular formula is C25H29N3O3. The van der Waals surface area contributed by atoms with Gasteiger partial charge < -0.3 is 14.5 Å². The SMILES string of the molecule is COC(=O)CCCN(Cc1ccccc1)C(=O)C1CCN(c2ccc(C#N)cc2)CC1. The fourth-order valence-electron chi connectivity index (χ4n) is 3.98. The van der Waals surface area contributed by atoms with Gasteiger partial charge in [-0.2, -0.15) is 5.26 Å². The van der Waals surface area contributed by atoms with E-state index in [4.69, 9.17) is 10.00 Å². The molecule has 1 fully saturated rings. The summed E-state index contributed by atoms with van der Waals surface area (Å²) in [6, 6.07) is 19.7. The molecule has 0 unspecified atom stereocenters. The van der Waals surface area contributed by atoms with E-state index in [1.54, 1.807) is 0 Å². The minimum atomic E-state index is -0.247. The minimum absolute atomic E-state index is 0.0172. The van der Waals surface area contributed by atoms with Gasteiger partial charge in [-0.05, 0) is 49.1 Å². The third-order valence-corrected chi connectivity index (χ3v) is 5.77. The normalized spacial score (nSPS) is 14.0. The minimum Gasteiger partial charge on any atom is -0.469 e. The average Bonchev–Trinajstić information content (AvgIpc) is 2.83. The molecule has 1 aliphatic rings. The van der Waals surface area contributed by atoms with Gasteiger partial charge in [0.25, 0.3) is 0 Å². The molecule has 162 valence electrons. The lowest BCUT2D eigenvalue weighted by Crippen LogP contribution is -2.42. The van der Waals surface area contributed by atoms with Crippen molar-refractivity contribution >= 4 is 17.6 Å². The predicted molar refractivity (Wildman–Crippen MR) is 119 cm³/mol. The van der Waals surface area contributed by atoms with Crippen LogP contribution in [0, 0.1) is 17.2 Å². The molecule has 0 N–H and O–H groups in total. The number of nitrogens with zero attached hydrogens (tertiary/aromatic N) is 3. The number of hydrogen-bond donors (Lipinski definition) is 0. The summed E-state index contributed by atoms with van der Waals surface area (Å²) in [7, 11) is 1.39. The Bertz CT molecular complexity index is 898. The number of rotatable bonds is 8. The number of esters is 1. The summed E-state index contributed by atoms with van der Waals surface area (Å²) < 4.78 is 4.73. The zero-order valence-corrected chi connectivity index (χ0v) is 18.0. The van der Waals surface area contributed by atoms with Crippen molar-refractivity contribution in [2.45, 2.75) is 32.2 Å². The highest BCUT2D eigenvalue weighted by Crippen LogP contribution is 2.25. The molecule has 0 atom stereocenters. The quantitative estimate of drug-likeness (QED) is 0.609. The number of carbonyl (C=O) groups is 2. The molecular weight excluding hydrogens is 390 g/mol. The van der Waals surface area contributed by atoms with Gasteiger partial charge in [-0.1, -0.05) is 30.3 Å². The Kier molecular flexibility index (Phi) is 8.05. The lowest BCUT2D eigenvalue weighted by Gasteiger charge is -2.35. The zero-order chi connectivity index (χ0) is 22.1. The number of ether oxygens (including phenoxy) is 1. The second-order valence-corrected chi connectivity index (χ2v) is 7.85. The predicted octanol–water partition coefficient (Wildman–Crippen LogP) is 3.76. The Morgan fingerprint density at radius 1 is 1.10 bits per heavy atom. The fourth-order valence-corrected chi connectivity index (χ4v) is 3.98. The molecule has 6 nitrogen and oxygen atoms in total. The first kappa shape index (κ1) is 22.4. The van der Waals surface area contributed by atoms with Crippen molar-refractivity contribution in [3.05, 3.63) is 65.7 Å². The van der Waals surface area contributed by atoms with Gasteiger partial charge in [-0.15, -0.1) is 0 Å². The summed E-state index contributed by atoms with van der Waals surface area (Å²) in [5.74, 6) is -0.104. The summed E-state index contributed by atoms with van der Waals surface area (Å²) >= 11 is 0. The molecule has 2 aromatic carbocycles. The van der Waals surface area contributed by atoms with E-state index in [0.29, 0.717) is 31.5 Å². The van der Waals surface area contributed by atoms with Crippen LogP contribution in [0.15, 0.2) is 54.6 Å². The van der Waals surface area contributed by atoms with Crippen molar-refractivity contribution < 1.29 is 14.3 Å². The highest BCUT2D eigenvalue weighted by Gasteiger charge is 2.28. The molecule has 0 bridgehead atoms. The molecule has 0 radical (unpaired) electrons. The van der Waals surface area contributed by atoms with Crippen molar-refractivity contribution in [2.24, 2.45) is 5.92 Å². The van der Waals surface area contributed by atoms with E-state index in [1.807, 2.05) is 59.5 Å². The van der Waals surface area contributed by atoms with E-state index < -0.39 is 0 Å². The first-order valence-electron chi connectivity index (χ1n) is 10.8. The lowest BCUT2D eigenvalue weighted by molar-refractivity contribution is -0.142. The standard InChI is InChI=1S/C25H29N3O3/c1-31-24(29)8-5-15-28(19-21-6-3-2-4-7-21)25(30)22-13-16-27(17-14-22)23-11-9-20(18-26)10-12-23/h2-4,6-7,9-12,22H,5,8,13-17,19H2,1H3. The average molecular weight is 420 g/mol. The maximum absolute atomic E-state index is 13.3. The van der Waals surface area contributed by atoms with Crippen LogP contribution in [-0.2, 0) is 20.9 Å². The Labute approximate surface area is 184 Å². The molecule has 1 saturated heterocycles. The smallest absolute Gasteiger partial charge is 0.305 e. The molecule has 0 saturated carbocycles. The lowest BCUT2D eigenvalue weighted by atomic mass is 9.94. The number of hydrogen-bond acceptors (Lipinski definition) is 5. The molecule has 2 aromatic rings. The molecule has 6 heteroatoms. The van der Waals surface area contributed by atoms with Crippen LogP contribution in [0.5, 0.6) is 0 Å². The number of methoxy groups -OCH3 is 1. The van der Waals surface area contributed by atoms with Crippen molar-refractivity contribution in [3.8, 4) is 6.07 Å². The Morgan fingerprint density at radius 2 is 1.77 bits per heavy atom. The van der Waals surface area contributed by atoms with Crippen molar-refractivity contribution in [1.82, 2.24) is 4.90 Å². The van der Waals surface area contributed by atoms with E-state index in [9.17, 15) is 9.59 Å². The van der Waals surface area contributed by atoms with E-state index in [1.165, 1.54) is 7.11 Å². The second kappa shape index (κ2) is 11.2. The van der Waals surface area contributed by atoms with E-state index >= 15 is 0 Å². The largest absolute Gasteiger partial charge is 0.469 e. The highest BCUT2D eigenvalue weighted by molar-refractivity contribution is 5.79. The Balaban J connectivity index is 1.60. The maximum Gasteiger partial charge on any atom is 0.305 e. The third kappa shape index (κ3) is 6.32. The first-order chi connectivity index (χ1) is 15.1. The van der Waals surface area contributed by atoms with Crippen molar-refractivity contribution in [3.63, 3.8) is 0 Å². The number of nitriles is 1. The van der Waals surface area contributed by atoms with Crippen LogP contribution in [0.25, 0.3) is 0 Å². The number of carbonyl (C=O) groups excluding carboxylic acids is 2. The van der Waals surface area contributed by atoms with Gasteiger partial charge in [0.1, 0.15) is 0 Å². The Hall–Kier alpha value is -3.33. The van der Waals surface area contributed by atoms with Gasteiger partial charge >= 0.3 is 5.97 Å². The molecule has 31 heavy (non-hydrogen) atoms. The van der Waals surface area contributed by atoms with Crippen LogP contribution in [0.4, 0.5) is 5.69 Å². The molecule has 1 amide bonds. The summed E-state index contributed by atoms with van der Waals surface area (Å²) in [5, 5.41) is 8.97. The van der Waals surface area contributed by atoms with Gasteiger partial charge in [-0.3, -0.25) is 9.59 Å². The van der Waals surface area contributed by atoms with E-state index in [2.05, 4.69) is 11.0 Å². The van der Waals surface area contributed by atoms with Gasteiger partial charge in [0.2, 0.25) is 5.91 Å². The molecule has 1 aliphatic heterocycles. The van der Waals surface area contributed by atoms with Crippen LogP contribution in [0.3, 0.4) is 0 Å². The highest BCUT2D eigenvalue weighted by atomic mass is 16.5. The van der Waals surface area contributed by atoms with Crippen LogP contribution < -0.4 is 4.90 Å². The van der Waals surface area contributed by atoms with Gasteiger partial charge in [-0.25, -0.2) is 0 Å². The summed E-state index contributed by atoms with van der Waals surface area (Å²) in [6.07, 6.45) is 2.49. The van der Waals surface area contributed by atoms with Gasteiger partial charge in [0.15, 0.2) is 0 Å². The monoisotopic (exact) mass is 419 g/mol. The number of amides is 1. The topological polar surface area (TPSA) is 73.6 Å². The first-order valence-corrected chi connectivity index (χ1v) is 10.8. The van der Waals surface area contributed by atoms with Crippen LogP contribution >= 0.6 is 0 Å². The zero-order valence-electron chi connectivity index (χ0n) is 18.0. The van der Waals surface area contributed by atoms with Gasteiger partial charge in [0, 0.05) is 44.2 Å². The fraction of sp³-hybridized carbons (Fsp3) is 0.400. The number of benzene rings is 2. The summed E-state index contributed by atoms with van der Waals surface area (Å²) in [4.78, 5) is 29.0. The third-order valence-electron chi connectivity index (χ3n) is 5.77. The summed E-state index contributed by atoms with van der Waals surface area (Å²) in [6.45, 7) is 2.71. The summed E-state index contributed by atoms with van der Waals surface area (Å²) in [5.41, 5.74) is 2.82. The molecule has 0 spiro atoms. The van der Waals surface area contributed by atoms with E-state index in [0.717, 1.165) is 37.2 Å². The maximum atomic E-state index is 13.3. The second-order valence-electron chi connectivity index (χ2n) is 7.85. The molecule has 1 heterocycles. The van der Waals surface area contributed by atoms with E-state index in [-0.39, 0.29) is 17.8 Å². The molecule has 0 aliphatic carbocycles.